The van der Waals surface area contributed by atoms with Crippen molar-refractivity contribution in [3.05, 3.63) is 0 Å². The van der Waals surface area contributed by atoms with Crippen LogP contribution in [-0.4, -0.2) is 12.5 Å². The number of hydrogen-bond acceptors (Lipinski definition) is 2. The van der Waals surface area contributed by atoms with Crippen molar-refractivity contribution in [3.63, 3.8) is 0 Å². The summed E-state index contributed by atoms with van der Waals surface area (Å²) in [6.45, 7) is 6.30. The lowest BCUT2D eigenvalue weighted by molar-refractivity contribution is 0.0855. The van der Waals surface area contributed by atoms with Gasteiger partial charge in [0.1, 0.15) is 6.35 Å². The zero-order valence-electron chi connectivity index (χ0n) is 6.83. The van der Waals surface area contributed by atoms with Gasteiger partial charge in [0.05, 0.1) is 6.10 Å². The molecule has 0 fully saturated rings. The molecule has 10 heavy (non-hydrogen) atoms. The molecule has 0 aromatic heterocycles. The molecule has 0 bridgehead atoms. The molecule has 0 aliphatic carbocycles. The molecule has 2 nitrogen and oxygen atoms in total. The minimum atomic E-state index is 0.0799. The Balaban J connectivity index is 3.24. The fourth-order valence-corrected chi connectivity index (χ4v) is 1.20. The van der Waals surface area contributed by atoms with Gasteiger partial charge in [0.15, 0.2) is 8.46 Å². The van der Waals surface area contributed by atoms with Gasteiger partial charge in [0, 0.05) is 0 Å². The molecular formula is C7H15O2P. The van der Waals surface area contributed by atoms with E-state index in [0.717, 1.165) is 6.42 Å². The minimum absolute atomic E-state index is 0.0799. The van der Waals surface area contributed by atoms with Crippen molar-refractivity contribution in [2.24, 2.45) is 5.92 Å². The molecule has 0 spiro atoms. The lowest BCUT2D eigenvalue weighted by Gasteiger charge is -2.12. The molecule has 60 valence electrons. The Labute approximate surface area is 64.2 Å². The van der Waals surface area contributed by atoms with E-state index in [9.17, 15) is 4.57 Å². The summed E-state index contributed by atoms with van der Waals surface area (Å²) in [4.78, 5) is 0. The summed E-state index contributed by atoms with van der Waals surface area (Å²) < 4.78 is 15.1. The lowest BCUT2D eigenvalue weighted by atomic mass is 10.1. The van der Waals surface area contributed by atoms with Crippen molar-refractivity contribution in [2.45, 2.75) is 33.3 Å². The first-order valence-electron chi connectivity index (χ1n) is 3.57. The summed E-state index contributed by atoms with van der Waals surface area (Å²) in [5.74, 6) is 0.651. The molecule has 3 heteroatoms. The Morgan fingerprint density at radius 2 is 2.00 bits per heavy atom. The van der Waals surface area contributed by atoms with Crippen LogP contribution in [0.4, 0.5) is 0 Å². The monoisotopic (exact) mass is 162 g/mol. The van der Waals surface area contributed by atoms with Gasteiger partial charge in [-0.3, -0.25) is 4.57 Å². The first kappa shape index (κ1) is 10.1. The summed E-state index contributed by atoms with van der Waals surface area (Å²) in [5.41, 5.74) is 0. The Morgan fingerprint density at radius 3 is 2.40 bits per heavy atom. The van der Waals surface area contributed by atoms with E-state index in [1.165, 1.54) is 0 Å². The van der Waals surface area contributed by atoms with Crippen LogP contribution in [0.25, 0.3) is 0 Å². The zero-order chi connectivity index (χ0) is 7.98. The molecular weight excluding hydrogens is 147 g/mol. The van der Waals surface area contributed by atoms with Crippen LogP contribution in [0.15, 0.2) is 0 Å². The third-order valence-electron chi connectivity index (χ3n) is 1.22. The van der Waals surface area contributed by atoms with Crippen molar-refractivity contribution >= 4 is 8.46 Å². The Kier molecular flexibility index (Phi) is 5.85. The van der Waals surface area contributed by atoms with Crippen LogP contribution < -0.4 is 0 Å². The van der Waals surface area contributed by atoms with Crippen molar-refractivity contribution < 1.29 is 9.30 Å². The fraction of sp³-hybridized carbons (Fsp3) is 1.00. The molecule has 0 heterocycles. The molecule has 0 rings (SSSR count). The van der Waals surface area contributed by atoms with E-state index in [0.29, 0.717) is 12.3 Å². The second-order valence-corrected chi connectivity index (χ2v) is 3.38. The van der Waals surface area contributed by atoms with Gasteiger partial charge < -0.3 is 4.74 Å². The third-order valence-corrected chi connectivity index (χ3v) is 1.47. The molecule has 0 radical (unpaired) electrons. The van der Waals surface area contributed by atoms with Crippen LogP contribution >= 0.6 is 8.46 Å². The molecule has 0 amide bonds. The van der Waals surface area contributed by atoms with Crippen molar-refractivity contribution in [2.75, 3.05) is 6.35 Å². The summed E-state index contributed by atoms with van der Waals surface area (Å²) in [5, 5.41) is 0. The number of ether oxygens (including phenoxy) is 1. The van der Waals surface area contributed by atoms with Crippen LogP contribution in [-0.2, 0) is 9.30 Å². The second-order valence-electron chi connectivity index (χ2n) is 2.87. The summed E-state index contributed by atoms with van der Waals surface area (Å²) in [6, 6.07) is 0. The van der Waals surface area contributed by atoms with Crippen molar-refractivity contribution in [3.8, 4) is 0 Å². The highest BCUT2D eigenvalue weighted by molar-refractivity contribution is 7.23. The van der Waals surface area contributed by atoms with E-state index in [1.54, 1.807) is 0 Å². The van der Waals surface area contributed by atoms with Gasteiger partial charge in [-0.25, -0.2) is 0 Å². The molecule has 1 atom stereocenters. The minimum Gasteiger partial charge on any atom is -0.366 e. The molecule has 0 aliphatic heterocycles. The van der Waals surface area contributed by atoms with Crippen LogP contribution in [0.2, 0.25) is 0 Å². The Morgan fingerprint density at radius 1 is 1.40 bits per heavy atom. The first-order valence-corrected chi connectivity index (χ1v) is 4.57. The van der Waals surface area contributed by atoms with Crippen LogP contribution in [0.3, 0.4) is 0 Å². The molecule has 0 saturated heterocycles. The summed E-state index contributed by atoms with van der Waals surface area (Å²) in [7, 11) is 0.0799. The largest absolute Gasteiger partial charge is 0.366 e. The zero-order valence-corrected chi connectivity index (χ0v) is 7.73. The van der Waals surface area contributed by atoms with E-state index < -0.39 is 0 Å². The molecule has 0 saturated carbocycles. The number of hydrogen-bond donors (Lipinski definition) is 0. The van der Waals surface area contributed by atoms with E-state index in [-0.39, 0.29) is 14.6 Å². The van der Waals surface area contributed by atoms with Crippen LogP contribution in [0.5, 0.6) is 0 Å². The highest BCUT2D eigenvalue weighted by Gasteiger charge is 2.03. The number of rotatable bonds is 5. The molecule has 0 aromatic carbocycles. The van der Waals surface area contributed by atoms with E-state index in [2.05, 4.69) is 13.8 Å². The summed E-state index contributed by atoms with van der Waals surface area (Å²) in [6.07, 6.45) is 1.60. The van der Waals surface area contributed by atoms with Gasteiger partial charge >= 0.3 is 0 Å². The van der Waals surface area contributed by atoms with Crippen molar-refractivity contribution in [1.82, 2.24) is 0 Å². The maximum Gasteiger partial charge on any atom is 0.183 e. The van der Waals surface area contributed by atoms with E-state index >= 15 is 0 Å². The van der Waals surface area contributed by atoms with Crippen LogP contribution in [0, 0.1) is 5.92 Å². The maximum atomic E-state index is 9.97. The fourth-order valence-electron chi connectivity index (χ4n) is 0.890. The average Bonchev–Trinajstić information content (AvgIpc) is 1.82. The molecule has 1 unspecified atom stereocenters. The average molecular weight is 162 g/mol. The first-order chi connectivity index (χ1) is 4.66. The topological polar surface area (TPSA) is 26.3 Å². The predicted molar refractivity (Wildman–Crippen MR) is 42.5 cm³/mol. The Bertz CT molecular complexity index is 93.6. The third kappa shape index (κ3) is 6.18. The van der Waals surface area contributed by atoms with Crippen molar-refractivity contribution in [1.29, 1.82) is 0 Å². The van der Waals surface area contributed by atoms with E-state index in [1.807, 2.05) is 6.92 Å². The van der Waals surface area contributed by atoms with Gasteiger partial charge in [-0.05, 0) is 19.3 Å². The molecule has 0 aliphatic rings. The highest BCUT2D eigenvalue weighted by atomic mass is 31.1. The van der Waals surface area contributed by atoms with E-state index in [4.69, 9.17) is 4.74 Å². The Hall–Kier alpha value is 0.0600. The molecule has 0 N–H and O–H groups in total. The normalized spacial score (nSPS) is 14.4. The van der Waals surface area contributed by atoms with Gasteiger partial charge in [0.25, 0.3) is 0 Å². The van der Waals surface area contributed by atoms with Gasteiger partial charge in [-0.2, -0.15) is 0 Å². The smallest absolute Gasteiger partial charge is 0.183 e. The molecule has 0 aromatic rings. The van der Waals surface area contributed by atoms with Crippen LogP contribution in [0.1, 0.15) is 27.2 Å². The standard InChI is InChI=1S/C7H15O2P/c1-6(2)4-7(3)9-5-10-8/h6-7H,4-5H2,1-3H3. The van der Waals surface area contributed by atoms with Gasteiger partial charge in [-0.15, -0.1) is 0 Å². The maximum absolute atomic E-state index is 9.97. The lowest BCUT2D eigenvalue weighted by Crippen LogP contribution is -2.09. The highest BCUT2D eigenvalue weighted by Crippen LogP contribution is 2.08. The van der Waals surface area contributed by atoms with Gasteiger partial charge in [-0.1, -0.05) is 13.8 Å². The predicted octanol–water partition coefficient (Wildman–Crippen LogP) is 2.69. The van der Waals surface area contributed by atoms with Gasteiger partial charge in [0.2, 0.25) is 0 Å². The second kappa shape index (κ2) is 5.82. The quantitative estimate of drug-likeness (QED) is 0.581. The SMILES string of the molecule is CC(C)CC(C)OCP=O. The summed E-state index contributed by atoms with van der Waals surface area (Å²) >= 11 is 0.